The fourth-order valence-electron chi connectivity index (χ4n) is 11.8. The second kappa shape index (κ2) is 63.9. The Labute approximate surface area is 535 Å². The number of amides is 1. The lowest BCUT2D eigenvalue weighted by Gasteiger charge is -2.40. The predicted octanol–water partition coefficient (Wildman–Crippen LogP) is 18.5. The van der Waals surface area contributed by atoms with Crippen LogP contribution < -0.4 is 5.32 Å². The van der Waals surface area contributed by atoms with Crippen LogP contribution in [0.2, 0.25) is 0 Å². The highest BCUT2D eigenvalue weighted by molar-refractivity contribution is 5.80. The number of allylic oxidation sites excluding steroid dienone is 10. The van der Waals surface area contributed by atoms with E-state index in [0.717, 1.165) is 51.4 Å². The zero-order valence-corrected chi connectivity index (χ0v) is 56.5. The van der Waals surface area contributed by atoms with Crippen LogP contribution in [0, 0.1) is 0 Å². The second-order valence-corrected chi connectivity index (χ2v) is 26.0. The standard InChI is InChI=1S/C76H141NO10/c1-3-5-7-9-11-13-15-17-19-21-23-25-27-29-31-33-34-35-36-38-40-42-44-46-48-50-52-54-56-58-60-62-64-69(80)75(85)77-67(66-86-76-74(84)73(83)72(82)70(65-78)87-76)71(81)68(79)63-61-59-57-55-53-51-49-47-45-43-41-39-37-32-30-28-26-24-22-20-18-16-14-12-10-8-6-4-2/h23,25,29,31,39,41,47,49,55,57,67-74,76,78-84H,3-22,24,26-28,30,32-38,40,42-46,48,50-54,56,58-66H2,1-2H3,(H,77,85)/b25-23-,31-29-,41-39+,49-47+,57-55+. The maximum atomic E-state index is 13.3. The van der Waals surface area contributed by atoms with Crippen LogP contribution in [0.1, 0.15) is 348 Å². The molecular formula is C76H141NO10. The van der Waals surface area contributed by atoms with Crippen molar-refractivity contribution in [2.45, 2.75) is 403 Å². The van der Waals surface area contributed by atoms with E-state index >= 15 is 0 Å². The molecule has 1 saturated heterocycles. The number of ether oxygens (including phenoxy) is 2. The molecule has 0 aromatic rings. The Morgan fingerprint density at radius 2 is 0.724 bits per heavy atom. The Balaban J connectivity index is 2.21. The Morgan fingerprint density at radius 1 is 0.402 bits per heavy atom. The van der Waals surface area contributed by atoms with Gasteiger partial charge in [0, 0.05) is 0 Å². The lowest BCUT2D eigenvalue weighted by Crippen LogP contribution is -2.60. The molecule has 1 heterocycles. The average molecular weight is 1230 g/mol. The van der Waals surface area contributed by atoms with Gasteiger partial charge in [0.15, 0.2) is 6.29 Å². The van der Waals surface area contributed by atoms with Gasteiger partial charge in [-0.2, -0.15) is 0 Å². The van der Waals surface area contributed by atoms with Gasteiger partial charge in [-0.3, -0.25) is 4.79 Å². The fraction of sp³-hybridized carbons (Fsp3) is 0.855. The van der Waals surface area contributed by atoms with E-state index in [1.54, 1.807) is 0 Å². The summed E-state index contributed by atoms with van der Waals surface area (Å²) < 4.78 is 11.2. The van der Waals surface area contributed by atoms with E-state index in [0.29, 0.717) is 19.3 Å². The molecule has 1 fully saturated rings. The summed E-state index contributed by atoms with van der Waals surface area (Å²) in [5, 5.41) is 76.6. The van der Waals surface area contributed by atoms with Crippen molar-refractivity contribution in [2.75, 3.05) is 13.2 Å². The van der Waals surface area contributed by atoms with Crippen molar-refractivity contribution >= 4 is 5.91 Å². The molecule has 11 heteroatoms. The van der Waals surface area contributed by atoms with Crippen molar-refractivity contribution in [1.29, 1.82) is 0 Å². The first kappa shape index (κ1) is 82.8. The van der Waals surface area contributed by atoms with Crippen LogP contribution >= 0.6 is 0 Å². The molecule has 0 aromatic heterocycles. The van der Waals surface area contributed by atoms with E-state index < -0.39 is 74.2 Å². The summed E-state index contributed by atoms with van der Waals surface area (Å²) in [6.07, 6.45) is 74.6. The molecule has 11 nitrogen and oxygen atoms in total. The highest BCUT2D eigenvalue weighted by Crippen LogP contribution is 2.24. The SMILES string of the molecule is CCCCCCCCCCC/C=C\C/C=C\CCCCCCCCCCCCCCCCCCC(O)C(=O)NC(COC1OC(CO)C(O)C(O)C1O)C(O)C(O)CCC/C=C/CC/C=C/CC/C=C/CCCCCCCCCCCCCCCCC. The summed E-state index contributed by atoms with van der Waals surface area (Å²) in [6, 6.07) is -1.20. The van der Waals surface area contributed by atoms with Crippen molar-refractivity contribution in [3.8, 4) is 0 Å². The number of aliphatic hydroxyl groups excluding tert-OH is 7. The van der Waals surface area contributed by atoms with Crippen molar-refractivity contribution in [3.05, 3.63) is 60.8 Å². The minimum absolute atomic E-state index is 0.241. The molecular weight excluding hydrogens is 1090 g/mol. The molecule has 1 aliphatic rings. The lowest BCUT2D eigenvalue weighted by atomic mass is 9.98. The number of hydrogen-bond acceptors (Lipinski definition) is 10. The van der Waals surface area contributed by atoms with Gasteiger partial charge < -0.3 is 50.5 Å². The largest absolute Gasteiger partial charge is 0.394 e. The quantitative estimate of drug-likeness (QED) is 0.0215. The van der Waals surface area contributed by atoms with Gasteiger partial charge in [-0.25, -0.2) is 0 Å². The summed E-state index contributed by atoms with van der Waals surface area (Å²) >= 11 is 0. The van der Waals surface area contributed by atoms with Gasteiger partial charge in [0.25, 0.3) is 0 Å². The average Bonchev–Trinajstić information content (AvgIpc) is 1.96. The molecule has 8 N–H and O–H groups in total. The Kier molecular flexibility index (Phi) is 60.9. The number of aliphatic hydroxyl groups is 7. The molecule has 0 aromatic carbocycles. The minimum Gasteiger partial charge on any atom is -0.394 e. The van der Waals surface area contributed by atoms with Crippen molar-refractivity contribution in [2.24, 2.45) is 0 Å². The number of carbonyl (C=O) groups is 1. The first-order valence-corrected chi connectivity index (χ1v) is 37.2. The zero-order valence-electron chi connectivity index (χ0n) is 56.5. The van der Waals surface area contributed by atoms with Crippen LogP contribution in [0.4, 0.5) is 0 Å². The molecule has 0 bridgehead atoms. The first-order chi connectivity index (χ1) is 42.7. The van der Waals surface area contributed by atoms with Gasteiger partial charge in [0.2, 0.25) is 5.91 Å². The fourth-order valence-corrected chi connectivity index (χ4v) is 11.8. The van der Waals surface area contributed by atoms with E-state index in [4.69, 9.17) is 9.47 Å². The molecule has 0 radical (unpaired) electrons. The molecule has 1 amide bonds. The number of carbonyl (C=O) groups excluding carboxylic acids is 1. The Bertz CT molecular complexity index is 1600. The molecule has 0 aliphatic carbocycles. The van der Waals surface area contributed by atoms with Gasteiger partial charge in [0.1, 0.15) is 36.6 Å². The molecule has 510 valence electrons. The summed E-state index contributed by atoms with van der Waals surface area (Å²) in [5.41, 5.74) is 0. The highest BCUT2D eigenvalue weighted by Gasteiger charge is 2.44. The number of rotatable bonds is 65. The minimum atomic E-state index is -1.68. The van der Waals surface area contributed by atoms with Crippen LogP contribution in [0.5, 0.6) is 0 Å². The Hall–Kier alpha value is -2.19. The van der Waals surface area contributed by atoms with Crippen molar-refractivity contribution in [3.63, 3.8) is 0 Å². The van der Waals surface area contributed by atoms with E-state index in [9.17, 15) is 40.5 Å². The summed E-state index contributed by atoms with van der Waals surface area (Å²) in [7, 11) is 0. The predicted molar refractivity (Wildman–Crippen MR) is 367 cm³/mol. The van der Waals surface area contributed by atoms with Crippen LogP contribution in [0.15, 0.2) is 60.8 Å². The van der Waals surface area contributed by atoms with Gasteiger partial charge in [-0.1, -0.05) is 312 Å². The van der Waals surface area contributed by atoms with Gasteiger partial charge >= 0.3 is 0 Å². The summed E-state index contributed by atoms with van der Waals surface area (Å²) in [6.45, 7) is 3.48. The molecule has 1 rings (SSSR count). The monoisotopic (exact) mass is 1230 g/mol. The zero-order chi connectivity index (χ0) is 63.1. The third-order valence-electron chi connectivity index (χ3n) is 17.7. The molecule has 9 atom stereocenters. The summed E-state index contributed by atoms with van der Waals surface area (Å²) in [5.74, 6) is -0.709. The number of hydrogen-bond donors (Lipinski definition) is 8. The molecule has 1 aliphatic heterocycles. The van der Waals surface area contributed by atoms with Gasteiger partial charge in [0.05, 0.1) is 25.4 Å². The normalized spacial score (nSPS) is 19.0. The second-order valence-electron chi connectivity index (χ2n) is 26.0. The molecule has 0 saturated carbocycles. The van der Waals surface area contributed by atoms with Crippen molar-refractivity contribution < 1.29 is 50.0 Å². The van der Waals surface area contributed by atoms with Gasteiger partial charge in [-0.05, 0) is 96.3 Å². The topological polar surface area (TPSA) is 189 Å². The number of nitrogens with one attached hydrogen (secondary N) is 1. The van der Waals surface area contributed by atoms with Crippen LogP contribution in [-0.4, -0.2) is 110 Å². The van der Waals surface area contributed by atoms with E-state index in [1.807, 2.05) is 0 Å². The molecule has 0 spiro atoms. The van der Waals surface area contributed by atoms with E-state index in [-0.39, 0.29) is 12.8 Å². The van der Waals surface area contributed by atoms with Crippen molar-refractivity contribution in [1.82, 2.24) is 5.32 Å². The first-order valence-electron chi connectivity index (χ1n) is 37.2. The van der Waals surface area contributed by atoms with Gasteiger partial charge in [-0.15, -0.1) is 0 Å². The number of unbranched alkanes of at least 4 members (excludes halogenated alkanes) is 43. The van der Waals surface area contributed by atoms with Crippen LogP contribution in [0.3, 0.4) is 0 Å². The van der Waals surface area contributed by atoms with E-state index in [1.165, 1.54) is 250 Å². The third kappa shape index (κ3) is 51.1. The van der Waals surface area contributed by atoms with Crippen LogP contribution in [0.25, 0.3) is 0 Å². The molecule has 9 unspecified atom stereocenters. The lowest BCUT2D eigenvalue weighted by molar-refractivity contribution is -0.303. The molecule has 87 heavy (non-hydrogen) atoms. The highest BCUT2D eigenvalue weighted by atomic mass is 16.7. The third-order valence-corrected chi connectivity index (χ3v) is 17.7. The maximum absolute atomic E-state index is 13.3. The summed E-state index contributed by atoms with van der Waals surface area (Å²) in [4.78, 5) is 13.3. The van der Waals surface area contributed by atoms with E-state index in [2.05, 4.69) is 79.9 Å². The smallest absolute Gasteiger partial charge is 0.249 e. The maximum Gasteiger partial charge on any atom is 0.249 e. The van der Waals surface area contributed by atoms with Crippen LogP contribution in [-0.2, 0) is 14.3 Å². The Morgan fingerprint density at radius 3 is 1.09 bits per heavy atom.